The molecule has 0 aliphatic carbocycles. The maximum Gasteiger partial charge on any atom is 0.172 e. The van der Waals surface area contributed by atoms with E-state index in [0.29, 0.717) is 17.5 Å². The second-order valence-corrected chi connectivity index (χ2v) is 5.51. The average molecular weight is 279 g/mol. The average Bonchev–Trinajstić information content (AvgIpc) is 2.42. The third kappa shape index (κ3) is 3.79. The van der Waals surface area contributed by atoms with Gasteiger partial charge in [-0.15, -0.1) is 0 Å². The fourth-order valence-corrected chi connectivity index (χ4v) is 2.13. The third-order valence-corrected chi connectivity index (χ3v) is 3.08. The van der Waals surface area contributed by atoms with Crippen molar-refractivity contribution in [3.8, 4) is 5.75 Å². The SMILES string of the molecule is COc1ccc(/C(N)=N/O)c(N(CC(C)C)C(C)C)c1. The van der Waals surface area contributed by atoms with Gasteiger partial charge in [-0.3, -0.25) is 0 Å². The zero-order chi connectivity index (χ0) is 15.3. The fraction of sp³-hybridized carbons (Fsp3) is 0.533. The molecule has 0 bridgehead atoms. The maximum atomic E-state index is 8.95. The van der Waals surface area contributed by atoms with Crippen LogP contribution < -0.4 is 15.4 Å². The molecule has 0 aromatic heterocycles. The van der Waals surface area contributed by atoms with Crippen LogP contribution in [0.15, 0.2) is 23.4 Å². The monoisotopic (exact) mass is 279 g/mol. The van der Waals surface area contributed by atoms with E-state index >= 15 is 0 Å². The van der Waals surface area contributed by atoms with Gasteiger partial charge in [0.1, 0.15) is 5.75 Å². The van der Waals surface area contributed by atoms with E-state index in [-0.39, 0.29) is 5.84 Å². The van der Waals surface area contributed by atoms with Crippen LogP contribution in [0.4, 0.5) is 5.69 Å². The molecule has 1 rings (SSSR count). The number of nitrogens with two attached hydrogens (primary N) is 1. The molecule has 5 heteroatoms. The van der Waals surface area contributed by atoms with Gasteiger partial charge in [0.15, 0.2) is 5.84 Å². The van der Waals surface area contributed by atoms with Crippen LogP contribution in [-0.4, -0.2) is 30.7 Å². The van der Waals surface area contributed by atoms with Crippen molar-refractivity contribution in [1.82, 2.24) is 0 Å². The van der Waals surface area contributed by atoms with E-state index in [1.54, 1.807) is 7.11 Å². The van der Waals surface area contributed by atoms with E-state index in [2.05, 4.69) is 37.8 Å². The van der Waals surface area contributed by atoms with Crippen LogP contribution in [0.3, 0.4) is 0 Å². The highest BCUT2D eigenvalue weighted by atomic mass is 16.5. The summed E-state index contributed by atoms with van der Waals surface area (Å²) in [5.74, 6) is 1.37. The fourth-order valence-electron chi connectivity index (χ4n) is 2.13. The number of oxime groups is 1. The predicted molar refractivity (Wildman–Crippen MR) is 82.8 cm³/mol. The summed E-state index contributed by atoms with van der Waals surface area (Å²) in [6.45, 7) is 9.46. The Bertz CT molecular complexity index is 470. The lowest BCUT2D eigenvalue weighted by atomic mass is 10.1. The number of methoxy groups -OCH3 is 1. The molecule has 0 unspecified atom stereocenters. The van der Waals surface area contributed by atoms with Crippen LogP contribution in [-0.2, 0) is 0 Å². The van der Waals surface area contributed by atoms with Crippen molar-refractivity contribution in [2.24, 2.45) is 16.8 Å². The van der Waals surface area contributed by atoms with Gasteiger partial charge in [-0.2, -0.15) is 0 Å². The highest BCUT2D eigenvalue weighted by Crippen LogP contribution is 2.28. The molecule has 0 radical (unpaired) electrons. The number of hydrogen-bond donors (Lipinski definition) is 2. The van der Waals surface area contributed by atoms with E-state index < -0.39 is 0 Å². The van der Waals surface area contributed by atoms with E-state index in [9.17, 15) is 0 Å². The van der Waals surface area contributed by atoms with Crippen molar-refractivity contribution in [1.29, 1.82) is 0 Å². The van der Waals surface area contributed by atoms with Crippen molar-refractivity contribution in [3.05, 3.63) is 23.8 Å². The second kappa shape index (κ2) is 7.03. The number of nitrogens with zero attached hydrogens (tertiary/aromatic N) is 2. The Balaban J connectivity index is 3.35. The molecule has 0 saturated heterocycles. The topological polar surface area (TPSA) is 71.1 Å². The first kappa shape index (κ1) is 16.1. The van der Waals surface area contributed by atoms with Gasteiger partial charge in [-0.1, -0.05) is 19.0 Å². The number of hydrogen-bond acceptors (Lipinski definition) is 4. The summed E-state index contributed by atoms with van der Waals surface area (Å²) < 4.78 is 5.29. The molecule has 0 heterocycles. The summed E-state index contributed by atoms with van der Waals surface area (Å²) in [6.07, 6.45) is 0. The molecular weight excluding hydrogens is 254 g/mol. The van der Waals surface area contributed by atoms with E-state index in [0.717, 1.165) is 18.0 Å². The molecule has 112 valence electrons. The van der Waals surface area contributed by atoms with Crippen LogP contribution >= 0.6 is 0 Å². The summed E-state index contributed by atoms with van der Waals surface area (Å²) in [5.41, 5.74) is 7.42. The first-order chi connectivity index (χ1) is 9.40. The summed E-state index contributed by atoms with van der Waals surface area (Å²) in [4.78, 5) is 2.24. The van der Waals surface area contributed by atoms with Crippen molar-refractivity contribution in [2.75, 3.05) is 18.6 Å². The van der Waals surface area contributed by atoms with Gasteiger partial charge < -0.3 is 20.6 Å². The minimum absolute atomic E-state index is 0.108. The lowest BCUT2D eigenvalue weighted by Gasteiger charge is -2.32. The highest BCUT2D eigenvalue weighted by molar-refractivity contribution is 6.02. The van der Waals surface area contributed by atoms with Crippen LogP contribution in [0.2, 0.25) is 0 Å². The van der Waals surface area contributed by atoms with E-state index in [1.165, 1.54) is 0 Å². The minimum Gasteiger partial charge on any atom is -0.497 e. The number of anilines is 1. The van der Waals surface area contributed by atoms with E-state index in [1.807, 2.05) is 18.2 Å². The molecule has 0 atom stereocenters. The molecule has 0 aliphatic heterocycles. The lowest BCUT2D eigenvalue weighted by molar-refractivity contribution is 0.318. The Morgan fingerprint density at radius 2 is 2.00 bits per heavy atom. The molecule has 20 heavy (non-hydrogen) atoms. The van der Waals surface area contributed by atoms with Crippen molar-refractivity contribution in [3.63, 3.8) is 0 Å². The highest BCUT2D eigenvalue weighted by Gasteiger charge is 2.18. The Morgan fingerprint density at radius 1 is 1.35 bits per heavy atom. The number of amidine groups is 1. The molecule has 0 saturated carbocycles. The molecule has 0 fully saturated rings. The quantitative estimate of drug-likeness (QED) is 0.363. The van der Waals surface area contributed by atoms with Crippen LogP contribution in [0.5, 0.6) is 5.75 Å². The molecule has 1 aromatic rings. The number of ether oxygens (including phenoxy) is 1. The lowest BCUT2D eigenvalue weighted by Crippen LogP contribution is -2.36. The maximum absolute atomic E-state index is 8.95. The number of benzene rings is 1. The van der Waals surface area contributed by atoms with Gasteiger partial charge in [0, 0.05) is 24.2 Å². The van der Waals surface area contributed by atoms with Crippen LogP contribution in [0, 0.1) is 5.92 Å². The summed E-state index contributed by atoms with van der Waals surface area (Å²) in [5, 5.41) is 12.1. The Labute approximate surface area is 121 Å². The largest absolute Gasteiger partial charge is 0.497 e. The molecule has 1 aromatic carbocycles. The van der Waals surface area contributed by atoms with Crippen LogP contribution in [0.25, 0.3) is 0 Å². The van der Waals surface area contributed by atoms with Gasteiger partial charge in [0.05, 0.1) is 12.8 Å². The minimum atomic E-state index is 0.108. The first-order valence-electron chi connectivity index (χ1n) is 6.83. The van der Waals surface area contributed by atoms with Gasteiger partial charge in [0.25, 0.3) is 0 Å². The van der Waals surface area contributed by atoms with Crippen molar-refractivity contribution < 1.29 is 9.94 Å². The van der Waals surface area contributed by atoms with Crippen LogP contribution in [0.1, 0.15) is 33.3 Å². The zero-order valence-corrected chi connectivity index (χ0v) is 12.9. The molecule has 0 aliphatic rings. The summed E-state index contributed by atoms with van der Waals surface area (Å²) in [7, 11) is 1.63. The normalized spacial score (nSPS) is 12.1. The third-order valence-electron chi connectivity index (χ3n) is 3.08. The van der Waals surface area contributed by atoms with Gasteiger partial charge in [-0.25, -0.2) is 0 Å². The Kier molecular flexibility index (Phi) is 5.67. The summed E-state index contributed by atoms with van der Waals surface area (Å²) >= 11 is 0. The molecular formula is C15H25N3O2. The first-order valence-corrected chi connectivity index (χ1v) is 6.83. The Morgan fingerprint density at radius 3 is 2.45 bits per heavy atom. The summed E-state index contributed by atoms with van der Waals surface area (Å²) in [6, 6.07) is 5.86. The van der Waals surface area contributed by atoms with Gasteiger partial charge in [-0.05, 0) is 31.9 Å². The predicted octanol–water partition coefficient (Wildman–Crippen LogP) is 2.66. The van der Waals surface area contributed by atoms with E-state index in [4.69, 9.17) is 15.7 Å². The standard InChI is InChI=1S/C15H25N3O2/c1-10(2)9-18(11(3)4)14-8-12(20-5)6-7-13(14)15(16)17-19/h6-8,10-11,19H,9H2,1-5H3,(H2,16,17). The Hall–Kier alpha value is -1.91. The zero-order valence-electron chi connectivity index (χ0n) is 12.9. The van der Waals surface area contributed by atoms with Gasteiger partial charge in [0.2, 0.25) is 0 Å². The van der Waals surface area contributed by atoms with Crippen molar-refractivity contribution >= 4 is 11.5 Å². The molecule has 0 amide bonds. The van der Waals surface area contributed by atoms with Crippen molar-refractivity contribution in [2.45, 2.75) is 33.7 Å². The smallest absolute Gasteiger partial charge is 0.172 e. The van der Waals surface area contributed by atoms with Gasteiger partial charge >= 0.3 is 0 Å². The molecule has 5 nitrogen and oxygen atoms in total. The molecule has 0 spiro atoms. The number of rotatable bonds is 6. The molecule has 3 N–H and O–H groups in total. The second-order valence-electron chi connectivity index (χ2n) is 5.51.